The molecule has 192 valence electrons. The molecule has 0 saturated heterocycles. The monoisotopic (exact) mass is 545 g/mol. The third-order valence-corrected chi connectivity index (χ3v) is 7.25. The number of hydroxylamine groups is 1. The number of likely N-dealkylation sites (N-methyl/N-ethyl adjacent to an activating group) is 1. The van der Waals surface area contributed by atoms with Crippen molar-refractivity contribution in [2.75, 3.05) is 19.0 Å². The van der Waals surface area contributed by atoms with Gasteiger partial charge in [-0.2, -0.15) is 5.48 Å². The van der Waals surface area contributed by atoms with Crippen molar-refractivity contribution in [2.45, 2.75) is 12.1 Å². The minimum Gasteiger partial charge on any atom is -0.379 e. The summed E-state index contributed by atoms with van der Waals surface area (Å²) in [7, 11) is 3.72. The van der Waals surface area contributed by atoms with Crippen molar-refractivity contribution in [1.29, 1.82) is 0 Å². The summed E-state index contributed by atoms with van der Waals surface area (Å²) in [4.78, 5) is 35.8. The predicted octanol–water partition coefficient (Wildman–Crippen LogP) is 6.07. The van der Waals surface area contributed by atoms with E-state index in [0.717, 1.165) is 16.8 Å². The van der Waals surface area contributed by atoms with Gasteiger partial charge in [0.25, 0.3) is 11.8 Å². The topological polar surface area (TPSA) is 61.9 Å². The zero-order chi connectivity index (χ0) is 26.9. The number of hydrogen-bond donors (Lipinski definition) is 1. The van der Waals surface area contributed by atoms with E-state index in [1.54, 1.807) is 41.3 Å². The average molecular weight is 546 g/mol. The van der Waals surface area contributed by atoms with Crippen LogP contribution in [0.2, 0.25) is 10.0 Å². The van der Waals surface area contributed by atoms with E-state index in [1.807, 2.05) is 79.7 Å². The fraction of sp³-hybridized carbons (Fsp3) is 0.133. The summed E-state index contributed by atoms with van der Waals surface area (Å²) < 4.78 is 0. The van der Waals surface area contributed by atoms with Gasteiger partial charge in [0, 0.05) is 26.7 Å². The van der Waals surface area contributed by atoms with Gasteiger partial charge >= 0.3 is 0 Å². The van der Waals surface area contributed by atoms with Crippen molar-refractivity contribution in [3.63, 3.8) is 0 Å². The second kappa shape index (κ2) is 10.5. The van der Waals surface area contributed by atoms with E-state index in [-0.39, 0.29) is 11.8 Å². The standard InChI is InChI=1S/C30H25Cl2N3O3/c1-34(2)30(24-10-6-7-11-26(24)32)25-18-22(31)16-17-27(25)35(29(30)37)19-20-12-14-21(15-13-20)28(36)33-38-23-8-4-3-5-9-23/h3-18H,19H2,1-2H3,(H,33,36). The van der Waals surface area contributed by atoms with Crippen LogP contribution in [0.15, 0.2) is 97.1 Å². The fourth-order valence-corrected chi connectivity index (χ4v) is 5.34. The molecule has 0 aliphatic carbocycles. The number of carbonyl (C=O) groups excluding carboxylic acids is 2. The van der Waals surface area contributed by atoms with E-state index in [1.165, 1.54) is 0 Å². The summed E-state index contributed by atoms with van der Waals surface area (Å²) in [5, 5.41) is 1.03. The number of benzene rings is 4. The average Bonchev–Trinajstić information content (AvgIpc) is 3.16. The Morgan fingerprint density at radius 2 is 1.58 bits per heavy atom. The van der Waals surface area contributed by atoms with Crippen molar-refractivity contribution in [3.05, 3.63) is 129 Å². The predicted molar refractivity (Wildman–Crippen MR) is 150 cm³/mol. The van der Waals surface area contributed by atoms with Crippen LogP contribution in [-0.4, -0.2) is 30.8 Å². The lowest BCUT2D eigenvalue weighted by Gasteiger charge is -2.36. The molecule has 1 atom stereocenters. The zero-order valence-corrected chi connectivity index (χ0v) is 22.3. The van der Waals surface area contributed by atoms with Gasteiger partial charge in [0.05, 0.1) is 12.2 Å². The number of para-hydroxylation sites is 1. The molecular formula is C30H25Cl2N3O3. The van der Waals surface area contributed by atoms with Gasteiger partial charge in [-0.25, -0.2) is 0 Å². The van der Waals surface area contributed by atoms with Crippen molar-refractivity contribution < 1.29 is 14.4 Å². The van der Waals surface area contributed by atoms with Crippen molar-refractivity contribution in [3.8, 4) is 5.75 Å². The van der Waals surface area contributed by atoms with Gasteiger partial charge in [-0.15, -0.1) is 0 Å². The molecule has 8 heteroatoms. The molecule has 1 aliphatic rings. The van der Waals surface area contributed by atoms with Gasteiger partial charge in [-0.1, -0.05) is 71.7 Å². The largest absolute Gasteiger partial charge is 0.379 e. The molecule has 5 rings (SSSR count). The first-order chi connectivity index (χ1) is 18.3. The Labute approximate surface area is 231 Å². The van der Waals surface area contributed by atoms with E-state index in [9.17, 15) is 9.59 Å². The molecule has 6 nitrogen and oxygen atoms in total. The number of amides is 2. The molecule has 1 N–H and O–H groups in total. The molecule has 0 bridgehead atoms. The molecule has 38 heavy (non-hydrogen) atoms. The number of fused-ring (bicyclic) bond motifs is 1. The summed E-state index contributed by atoms with van der Waals surface area (Å²) in [6.45, 7) is 0.302. The molecule has 1 aliphatic heterocycles. The quantitative estimate of drug-likeness (QED) is 0.286. The first kappa shape index (κ1) is 25.8. The van der Waals surface area contributed by atoms with Gasteiger partial charge in [-0.3, -0.25) is 14.5 Å². The van der Waals surface area contributed by atoms with Crippen molar-refractivity contribution >= 4 is 40.7 Å². The lowest BCUT2D eigenvalue weighted by atomic mass is 9.82. The van der Waals surface area contributed by atoms with Gasteiger partial charge in [0.15, 0.2) is 11.3 Å². The number of nitrogens with zero attached hydrogens (tertiary/aromatic N) is 2. The van der Waals surface area contributed by atoms with Crippen LogP contribution in [0.5, 0.6) is 5.75 Å². The van der Waals surface area contributed by atoms with Crippen LogP contribution < -0.4 is 15.2 Å². The maximum Gasteiger partial charge on any atom is 0.283 e. The van der Waals surface area contributed by atoms with Crippen LogP contribution in [0, 0.1) is 0 Å². The highest BCUT2D eigenvalue weighted by atomic mass is 35.5. The molecule has 4 aromatic carbocycles. The first-order valence-corrected chi connectivity index (χ1v) is 12.7. The Balaban J connectivity index is 1.43. The van der Waals surface area contributed by atoms with Gasteiger partial charge in [0.2, 0.25) is 0 Å². The molecule has 1 heterocycles. The zero-order valence-electron chi connectivity index (χ0n) is 20.8. The second-order valence-electron chi connectivity index (χ2n) is 9.18. The highest BCUT2D eigenvalue weighted by molar-refractivity contribution is 6.32. The Hall–Kier alpha value is -3.84. The van der Waals surface area contributed by atoms with E-state index < -0.39 is 5.54 Å². The second-order valence-corrected chi connectivity index (χ2v) is 10.0. The van der Waals surface area contributed by atoms with Crippen LogP contribution in [0.3, 0.4) is 0 Å². The smallest absolute Gasteiger partial charge is 0.283 e. The molecule has 1 unspecified atom stereocenters. The summed E-state index contributed by atoms with van der Waals surface area (Å²) in [5.74, 6) is 0.0283. The van der Waals surface area contributed by atoms with Crippen molar-refractivity contribution in [2.24, 2.45) is 0 Å². The number of hydrogen-bond acceptors (Lipinski definition) is 4. The lowest BCUT2D eigenvalue weighted by molar-refractivity contribution is -0.126. The maximum absolute atomic E-state index is 14.3. The molecule has 0 radical (unpaired) electrons. The Morgan fingerprint density at radius 1 is 0.895 bits per heavy atom. The summed E-state index contributed by atoms with van der Waals surface area (Å²) >= 11 is 13.1. The van der Waals surface area contributed by atoms with Gasteiger partial charge < -0.3 is 9.74 Å². The highest BCUT2D eigenvalue weighted by Gasteiger charge is 2.54. The van der Waals surface area contributed by atoms with E-state index in [4.69, 9.17) is 28.0 Å². The molecule has 0 saturated carbocycles. The van der Waals surface area contributed by atoms with Crippen LogP contribution in [-0.2, 0) is 16.9 Å². The van der Waals surface area contributed by atoms with E-state index in [2.05, 4.69) is 5.48 Å². The van der Waals surface area contributed by atoms with Gasteiger partial charge in [0.1, 0.15) is 0 Å². The summed E-state index contributed by atoms with van der Waals surface area (Å²) in [6.07, 6.45) is 0. The Bertz CT molecular complexity index is 1490. The molecule has 0 spiro atoms. The van der Waals surface area contributed by atoms with Crippen LogP contribution in [0.4, 0.5) is 5.69 Å². The van der Waals surface area contributed by atoms with Crippen LogP contribution in [0.25, 0.3) is 0 Å². The van der Waals surface area contributed by atoms with Crippen molar-refractivity contribution in [1.82, 2.24) is 10.4 Å². The fourth-order valence-electron chi connectivity index (χ4n) is 4.90. The summed E-state index contributed by atoms with van der Waals surface area (Å²) in [5.41, 5.74) is 4.80. The summed E-state index contributed by atoms with van der Waals surface area (Å²) in [6, 6.07) is 28.9. The third-order valence-electron chi connectivity index (χ3n) is 6.69. The minimum absolute atomic E-state index is 0.133. The molecule has 0 aromatic heterocycles. The number of carbonyl (C=O) groups is 2. The molecule has 4 aromatic rings. The van der Waals surface area contributed by atoms with Crippen LogP contribution in [0.1, 0.15) is 27.0 Å². The highest BCUT2D eigenvalue weighted by Crippen LogP contribution is 2.50. The normalized spacial score (nSPS) is 16.4. The van der Waals surface area contributed by atoms with E-state index in [0.29, 0.717) is 33.5 Å². The van der Waals surface area contributed by atoms with Crippen LogP contribution >= 0.6 is 23.2 Å². The SMILES string of the molecule is CN(C)C1(c2ccccc2Cl)C(=O)N(Cc2ccc(C(=O)NOc3ccccc3)cc2)c2ccc(Cl)cc21. The maximum atomic E-state index is 14.3. The third kappa shape index (κ3) is 4.52. The Morgan fingerprint density at radius 3 is 2.26 bits per heavy atom. The number of nitrogens with one attached hydrogen (secondary N) is 1. The Kier molecular flexibility index (Phi) is 7.13. The number of anilines is 1. The number of halogens is 2. The molecule has 2 amide bonds. The minimum atomic E-state index is -1.15. The van der Waals surface area contributed by atoms with E-state index >= 15 is 0 Å². The lowest BCUT2D eigenvalue weighted by Crippen LogP contribution is -2.50. The number of rotatable bonds is 7. The molecular weight excluding hydrogens is 521 g/mol. The molecule has 0 fully saturated rings. The first-order valence-electron chi connectivity index (χ1n) is 12.0. The van der Waals surface area contributed by atoms with Gasteiger partial charge in [-0.05, 0) is 68.2 Å².